The molecule has 0 N–H and O–H groups in total. The standard InChI is InChI=1S/C6H11S3/c7-3-2-6-8-4-1-5-9-6/h6H,1-5H2. The number of rotatable bonds is 2. The molecule has 9 heavy (non-hydrogen) atoms. The van der Waals surface area contributed by atoms with Gasteiger partial charge >= 0.3 is 0 Å². The molecule has 0 bridgehead atoms. The van der Waals surface area contributed by atoms with Crippen molar-refractivity contribution in [2.75, 3.05) is 17.3 Å². The van der Waals surface area contributed by atoms with Crippen molar-refractivity contribution in [2.24, 2.45) is 0 Å². The number of hydrogen-bond donors (Lipinski definition) is 0. The van der Waals surface area contributed by atoms with Crippen molar-refractivity contribution < 1.29 is 0 Å². The summed E-state index contributed by atoms with van der Waals surface area (Å²) in [7, 11) is 0. The molecule has 1 fully saturated rings. The van der Waals surface area contributed by atoms with Crippen molar-refractivity contribution >= 4 is 36.2 Å². The second-order valence-electron chi connectivity index (χ2n) is 2.02. The highest BCUT2D eigenvalue weighted by Crippen LogP contribution is 2.32. The summed E-state index contributed by atoms with van der Waals surface area (Å²) in [6.45, 7) is 0. The van der Waals surface area contributed by atoms with Crippen molar-refractivity contribution in [1.29, 1.82) is 0 Å². The Hall–Kier alpha value is 1.05. The molecule has 0 aromatic carbocycles. The van der Waals surface area contributed by atoms with E-state index in [1.165, 1.54) is 24.3 Å². The van der Waals surface area contributed by atoms with E-state index in [0.717, 1.165) is 10.3 Å². The summed E-state index contributed by atoms with van der Waals surface area (Å²) >= 11 is 9.07. The van der Waals surface area contributed by atoms with Crippen LogP contribution in [0.1, 0.15) is 12.8 Å². The van der Waals surface area contributed by atoms with Gasteiger partial charge in [0.05, 0.1) is 4.58 Å². The molecule has 0 nitrogen and oxygen atoms in total. The fraction of sp³-hybridized carbons (Fsp3) is 1.00. The highest BCUT2D eigenvalue weighted by molar-refractivity contribution is 8.17. The van der Waals surface area contributed by atoms with Gasteiger partial charge in [0.1, 0.15) is 0 Å². The lowest BCUT2D eigenvalue weighted by molar-refractivity contribution is 1.03. The van der Waals surface area contributed by atoms with Crippen LogP contribution in [0.5, 0.6) is 0 Å². The second-order valence-corrected chi connectivity index (χ2v) is 5.35. The quantitative estimate of drug-likeness (QED) is 0.639. The first kappa shape index (κ1) is 8.15. The monoisotopic (exact) mass is 179 g/mol. The molecule has 3 heteroatoms. The van der Waals surface area contributed by atoms with Crippen LogP contribution < -0.4 is 0 Å². The lowest BCUT2D eigenvalue weighted by Gasteiger charge is -2.19. The third kappa shape index (κ3) is 3.10. The normalized spacial score (nSPS) is 22.3. The molecule has 1 saturated heterocycles. The van der Waals surface area contributed by atoms with Crippen LogP contribution in [0.25, 0.3) is 0 Å². The minimum atomic E-state index is 0.830. The Morgan fingerprint density at radius 2 is 2.00 bits per heavy atom. The SMILES string of the molecule is [S]CCC1SCCCS1. The lowest BCUT2D eigenvalue weighted by atomic mass is 10.5. The van der Waals surface area contributed by atoms with Crippen LogP contribution in [0.15, 0.2) is 0 Å². The van der Waals surface area contributed by atoms with Gasteiger partial charge < -0.3 is 0 Å². The van der Waals surface area contributed by atoms with Gasteiger partial charge in [0.2, 0.25) is 0 Å². The Balaban J connectivity index is 2.08. The van der Waals surface area contributed by atoms with E-state index >= 15 is 0 Å². The predicted molar refractivity (Wildman–Crippen MR) is 50.4 cm³/mol. The lowest BCUT2D eigenvalue weighted by Crippen LogP contribution is -2.06. The fourth-order valence-corrected chi connectivity index (χ4v) is 4.20. The molecule has 0 aromatic heterocycles. The molecule has 0 amide bonds. The third-order valence-electron chi connectivity index (χ3n) is 1.25. The third-order valence-corrected chi connectivity index (χ3v) is 4.57. The van der Waals surface area contributed by atoms with E-state index in [1.54, 1.807) is 0 Å². The minimum absolute atomic E-state index is 0.830. The first-order valence-corrected chi connectivity index (χ1v) is 5.92. The summed E-state index contributed by atoms with van der Waals surface area (Å²) in [6, 6.07) is 0. The first-order valence-electron chi connectivity index (χ1n) is 3.25. The summed E-state index contributed by atoms with van der Waals surface area (Å²) in [4.78, 5) is 0. The molecule has 0 atom stereocenters. The van der Waals surface area contributed by atoms with Crippen molar-refractivity contribution in [2.45, 2.75) is 17.4 Å². The van der Waals surface area contributed by atoms with Crippen LogP contribution in [-0.2, 0) is 0 Å². The molecule has 0 saturated carbocycles. The summed E-state index contributed by atoms with van der Waals surface area (Å²) in [5, 5.41) is 0. The van der Waals surface area contributed by atoms with Gasteiger partial charge in [0.25, 0.3) is 0 Å². The maximum absolute atomic E-state index is 4.91. The van der Waals surface area contributed by atoms with Crippen LogP contribution >= 0.6 is 36.2 Å². The van der Waals surface area contributed by atoms with Gasteiger partial charge in [-0.2, -0.15) is 0 Å². The van der Waals surface area contributed by atoms with Crippen LogP contribution in [0, 0.1) is 0 Å². The molecule has 53 valence electrons. The Morgan fingerprint density at radius 3 is 2.56 bits per heavy atom. The number of thioether (sulfide) groups is 2. The van der Waals surface area contributed by atoms with E-state index < -0.39 is 0 Å². The Morgan fingerprint density at radius 1 is 1.33 bits per heavy atom. The molecule has 0 unspecified atom stereocenters. The average Bonchev–Trinajstić information content (AvgIpc) is 1.91. The van der Waals surface area contributed by atoms with Crippen LogP contribution in [0.3, 0.4) is 0 Å². The van der Waals surface area contributed by atoms with Gasteiger partial charge in [-0.05, 0) is 24.3 Å². The minimum Gasteiger partial charge on any atom is -0.148 e. The molecule has 1 aliphatic rings. The summed E-state index contributed by atoms with van der Waals surface area (Å²) < 4.78 is 0.830. The van der Waals surface area contributed by atoms with E-state index in [1.807, 2.05) is 0 Å². The zero-order valence-electron chi connectivity index (χ0n) is 5.34. The molecule has 0 spiro atoms. The highest BCUT2D eigenvalue weighted by Gasteiger charge is 2.12. The van der Waals surface area contributed by atoms with Crippen molar-refractivity contribution in [3.8, 4) is 0 Å². The van der Waals surface area contributed by atoms with E-state index in [-0.39, 0.29) is 0 Å². The molecule has 1 radical (unpaired) electrons. The van der Waals surface area contributed by atoms with Crippen molar-refractivity contribution in [3.05, 3.63) is 0 Å². The number of hydrogen-bond acceptors (Lipinski definition) is 2. The maximum atomic E-state index is 4.91. The maximum Gasteiger partial charge on any atom is 0.0510 e. The summed E-state index contributed by atoms with van der Waals surface area (Å²) in [5.41, 5.74) is 0. The first-order chi connectivity index (χ1) is 4.43. The van der Waals surface area contributed by atoms with Gasteiger partial charge in [-0.3, -0.25) is 0 Å². The Bertz CT molecular complexity index is 65.9. The van der Waals surface area contributed by atoms with Gasteiger partial charge in [-0.1, -0.05) is 12.6 Å². The molecule has 1 aliphatic heterocycles. The molecule has 1 rings (SSSR count). The Labute approximate surface area is 71.0 Å². The average molecular weight is 179 g/mol. The molecule has 1 heterocycles. The van der Waals surface area contributed by atoms with E-state index in [4.69, 9.17) is 12.6 Å². The predicted octanol–water partition coefficient (Wildman–Crippen LogP) is 2.77. The summed E-state index contributed by atoms with van der Waals surface area (Å²) in [5.74, 6) is 3.64. The smallest absolute Gasteiger partial charge is 0.0510 e. The highest BCUT2D eigenvalue weighted by atomic mass is 32.2. The van der Waals surface area contributed by atoms with Crippen LogP contribution in [0.2, 0.25) is 0 Å². The Kier molecular flexibility index (Phi) is 4.35. The second kappa shape index (κ2) is 4.80. The van der Waals surface area contributed by atoms with Gasteiger partial charge in [-0.25, -0.2) is 0 Å². The van der Waals surface area contributed by atoms with Crippen molar-refractivity contribution in [3.63, 3.8) is 0 Å². The molecule has 0 aromatic rings. The fourth-order valence-electron chi connectivity index (χ4n) is 0.799. The van der Waals surface area contributed by atoms with E-state index in [0.29, 0.717) is 0 Å². The molecule has 0 aliphatic carbocycles. The zero-order chi connectivity index (χ0) is 6.53. The van der Waals surface area contributed by atoms with Crippen molar-refractivity contribution in [1.82, 2.24) is 0 Å². The van der Waals surface area contributed by atoms with E-state index in [9.17, 15) is 0 Å². The topological polar surface area (TPSA) is 0 Å². The van der Waals surface area contributed by atoms with Crippen LogP contribution in [0.4, 0.5) is 0 Å². The van der Waals surface area contributed by atoms with Gasteiger partial charge in [0.15, 0.2) is 0 Å². The van der Waals surface area contributed by atoms with Gasteiger partial charge in [-0.15, -0.1) is 23.5 Å². The van der Waals surface area contributed by atoms with Crippen LogP contribution in [-0.4, -0.2) is 21.8 Å². The van der Waals surface area contributed by atoms with Gasteiger partial charge in [0, 0.05) is 5.75 Å². The largest absolute Gasteiger partial charge is 0.148 e. The zero-order valence-corrected chi connectivity index (χ0v) is 7.79. The summed E-state index contributed by atoms with van der Waals surface area (Å²) in [6.07, 6.45) is 2.62. The van der Waals surface area contributed by atoms with E-state index in [2.05, 4.69) is 23.5 Å². The molecular weight excluding hydrogens is 168 g/mol. The molecular formula is C6H11S3.